The molecule has 0 unspecified atom stereocenters. The Hall–Kier alpha value is -4.33. The van der Waals surface area contributed by atoms with Gasteiger partial charge in [-0.25, -0.2) is 14.2 Å². The minimum absolute atomic E-state index is 0.214. The number of aromatic nitrogens is 2. The SMILES string of the molecule is CCNC(=O)Nc1cc2c(F)c(-c3cccc(NC(C)=O)c3)cc(-c3cccnc3)c2cn1. The summed E-state index contributed by atoms with van der Waals surface area (Å²) in [5.74, 6) is -0.443. The smallest absolute Gasteiger partial charge is 0.320 e. The number of carbonyl (C=O) groups is 2. The number of fused-ring (bicyclic) bond motifs is 1. The zero-order chi connectivity index (χ0) is 23.4. The van der Waals surface area contributed by atoms with Crippen LogP contribution in [-0.2, 0) is 4.79 Å². The fourth-order valence-electron chi connectivity index (χ4n) is 3.61. The lowest BCUT2D eigenvalue weighted by atomic mass is 9.93. The van der Waals surface area contributed by atoms with Gasteiger partial charge in [0.1, 0.15) is 11.6 Å². The van der Waals surface area contributed by atoms with Crippen molar-refractivity contribution in [2.45, 2.75) is 13.8 Å². The van der Waals surface area contributed by atoms with E-state index in [-0.39, 0.29) is 11.7 Å². The molecule has 7 nitrogen and oxygen atoms in total. The molecule has 3 amide bonds. The van der Waals surface area contributed by atoms with Crippen molar-refractivity contribution in [2.75, 3.05) is 17.2 Å². The normalized spacial score (nSPS) is 10.6. The number of rotatable bonds is 5. The van der Waals surface area contributed by atoms with Crippen molar-refractivity contribution < 1.29 is 14.0 Å². The molecule has 2 aromatic heterocycles. The number of amides is 3. The molecule has 0 spiro atoms. The highest BCUT2D eigenvalue weighted by molar-refractivity contribution is 6.02. The molecule has 0 bridgehead atoms. The summed E-state index contributed by atoms with van der Waals surface area (Å²) in [7, 11) is 0. The van der Waals surface area contributed by atoms with E-state index in [1.807, 2.05) is 6.07 Å². The van der Waals surface area contributed by atoms with Gasteiger partial charge in [0.2, 0.25) is 5.91 Å². The van der Waals surface area contributed by atoms with Crippen LogP contribution in [-0.4, -0.2) is 28.5 Å². The third kappa shape index (κ3) is 4.79. The number of urea groups is 1. The molecule has 4 aromatic rings. The van der Waals surface area contributed by atoms with Crippen molar-refractivity contribution >= 4 is 34.2 Å². The van der Waals surface area contributed by atoms with E-state index in [0.717, 1.165) is 11.1 Å². The molecule has 2 aromatic carbocycles. The summed E-state index contributed by atoms with van der Waals surface area (Å²) in [6, 6.07) is 13.5. The van der Waals surface area contributed by atoms with Gasteiger partial charge in [0.25, 0.3) is 0 Å². The molecule has 33 heavy (non-hydrogen) atoms. The van der Waals surface area contributed by atoms with Crippen LogP contribution in [0.25, 0.3) is 33.0 Å². The Morgan fingerprint density at radius 1 is 0.939 bits per heavy atom. The van der Waals surface area contributed by atoms with E-state index in [4.69, 9.17) is 0 Å². The van der Waals surface area contributed by atoms with Crippen molar-refractivity contribution in [2.24, 2.45) is 0 Å². The maximum atomic E-state index is 15.9. The van der Waals surface area contributed by atoms with Crippen molar-refractivity contribution in [1.82, 2.24) is 15.3 Å². The molecular formula is C25H22FN5O2. The van der Waals surface area contributed by atoms with Crippen LogP contribution in [0.3, 0.4) is 0 Å². The van der Waals surface area contributed by atoms with Gasteiger partial charge in [-0.2, -0.15) is 0 Å². The summed E-state index contributed by atoms with van der Waals surface area (Å²) in [6.07, 6.45) is 4.91. The molecule has 3 N–H and O–H groups in total. The fraction of sp³-hybridized carbons (Fsp3) is 0.120. The predicted octanol–water partition coefficient (Wildman–Crippen LogP) is 5.20. The second kappa shape index (κ2) is 9.44. The Balaban J connectivity index is 1.92. The first-order valence-corrected chi connectivity index (χ1v) is 10.4. The molecule has 0 saturated heterocycles. The quantitative estimate of drug-likeness (QED) is 0.395. The van der Waals surface area contributed by atoms with Crippen LogP contribution in [0.15, 0.2) is 67.1 Å². The van der Waals surface area contributed by atoms with E-state index < -0.39 is 11.8 Å². The van der Waals surface area contributed by atoms with Gasteiger partial charge >= 0.3 is 6.03 Å². The average Bonchev–Trinajstić information content (AvgIpc) is 2.80. The van der Waals surface area contributed by atoms with Gasteiger partial charge in [-0.1, -0.05) is 18.2 Å². The third-order valence-corrected chi connectivity index (χ3v) is 5.00. The lowest BCUT2D eigenvalue weighted by Crippen LogP contribution is -2.28. The molecule has 0 aliphatic carbocycles. The number of benzene rings is 2. The number of pyridine rings is 2. The Kier molecular flexibility index (Phi) is 6.26. The topological polar surface area (TPSA) is 96.0 Å². The van der Waals surface area contributed by atoms with E-state index in [1.165, 1.54) is 13.0 Å². The standard InChI is InChI=1S/C25H22FN5O2/c1-3-28-25(33)31-23-12-21-22(14-29-23)19(17-7-5-9-27-13-17)11-20(24(21)26)16-6-4-8-18(10-16)30-15(2)32/h4-14H,3H2,1-2H3,(H,30,32)(H2,28,29,31,33). The molecule has 0 aliphatic heterocycles. The average molecular weight is 443 g/mol. The van der Waals surface area contributed by atoms with Crippen molar-refractivity contribution in [3.05, 3.63) is 72.9 Å². The van der Waals surface area contributed by atoms with Crippen LogP contribution >= 0.6 is 0 Å². The molecular weight excluding hydrogens is 421 g/mol. The highest BCUT2D eigenvalue weighted by Crippen LogP contribution is 2.37. The molecule has 2 heterocycles. The number of halogens is 1. The van der Waals surface area contributed by atoms with E-state index >= 15 is 4.39 Å². The summed E-state index contributed by atoms with van der Waals surface area (Å²) in [5, 5.41) is 8.87. The van der Waals surface area contributed by atoms with E-state index in [2.05, 4.69) is 25.9 Å². The summed E-state index contributed by atoms with van der Waals surface area (Å²) < 4.78 is 15.9. The van der Waals surface area contributed by atoms with Crippen LogP contribution in [0.1, 0.15) is 13.8 Å². The zero-order valence-corrected chi connectivity index (χ0v) is 18.1. The molecule has 8 heteroatoms. The van der Waals surface area contributed by atoms with Gasteiger partial charge in [-0.15, -0.1) is 0 Å². The summed E-state index contributed by atoms with van der Waals surface area (Å²) >= 11 is 0. The van der Waals surface area contributed by atoms with Gasteiger partial charge in [0, 0.05) is 59.6 Å². The van der Waals surface area contributed by atoms with Crippen molar-refractivity contribution in [3.63, 3.8) is 0 Å². The summed E-state index contributed by atoms with van der Waals surface area (Å²) in [5.41, 5.74) is 3.06. The second-order valence-electron chi connectivity index (χ2n) is 7.39. The Morgan fingerprint density at radius 2 is 1.76 bits per heavy atom. The lowest BCUT2D eigenvalue weighted by Gasteiger charge is -2.14. The second-order valence-corrected chi connectivity index (χ2v) is 7.39. The van der Waals surface area contributed by atoms with Crippen molar-refractivity contribution in [1.29, 1.82) is 0 Å². The third-order valence-electron chi connectivity index (χ3n) is 5.00. The molecule has 0 saturated carbocycles. The number of carbonyl (C=O) groups excluding carboxylic acids is 2. The highest BCUT2D eigenvalue weighted by Gasteiger charge is 2.17. The summed E-state index contributed by atoms with van der Waals surface area (Å²) in [4.78, 5) is 31.9. The first-order valence-electron chi connectivity index (χ1n) is 10.4. The van der Waals surface area contributed by atoms with Gasteiger partial charge in [0.15, 0.2) is 0 Å². The van der Waals surface area contributed by atoms with Crippen LogP contribution in [0.2, 0.25) is 0 Å². The van der Waals surface area contributed by atoms with E-state index in [9.17, 15) is 9.59 Å². The maximum absolute atomic E-state index is 15.9. The highest BCUT2D eigenvalue weighted by atomic mass is 19.1. The fourth-order valence-corrected chi connectivity index (χ4v) is 3.61. The van der Waals surface area contributed by atoms with Gasteiger partial charge in [-0.05, 0) is 48.4 Å². The predicted molar refractivity (Wildman–Crippen MR) is 127 cm³/mol. The number of nitrogens with zero attached hydrogens (tertiary/aromatic N) is 2. The van der Waals surface area contributed by atoms with Crippen LogP contribution in [0.5, 0.6) is 0 Å². The van der Waals surface area contributed by atoms with Crippen LogP contribution < -0.4 is 16.0 Å². The maximum Gasteiger partial charge on any atom is 0.320 e. The lowest BCUT2D eigenvalue weighted by molar-refractivity contribution is -0.114. The monoisotopic (exact) mass is 443 g/mol. The first-order chi connectivity index (χ1) is 16.0. The van der Waals surface area contributed by atoms with Gasteiger partial charge in [-0.3, -0.25) is 15.1 Å². The number of anilines is 2. The number of hydrogen-bond donors (Lipinski definition) is 3. The van der Waals surface area contributed by atoms with Crippen LogP contribution in [0.4, 0.5) is 20.7 Å². The molecule has 166 valence electrons. The molecule has 0 aliphatic rings. The van der Waals surface area contributed by atoms with E-state index in [0.29, 0.717) is 34.1 Å². The van der Waals surface area contributed by atoms with Gasteiger partial charge in [0.05, 0.1) is 0 Å². The van der Waals surface area contributed by atoms with Crippen LogP contribution in [0, 0.1) is 5.82 Å². The van der Waals surface area contributed by atoms with E-state index in [1.54, 1.807) is 61.9 Å². The first kappa shape index (κ1) is 21.9. The number of nitrogens with one attached hydrogen (secondary N) is 3. The largest absolute Gasteiger partial charge is 0.338 e. The Labute approximate surface area is 190 Å². The van der Waals surface area contributed by atoms with Gasteiger partial charge < -0.3 is 10.6 Å². The number of hydrogen-bond acceptors (Lipinski definition) is 4. The molecule has 0 fully saturated rings. The molecule has 0 radical (unpaired) electrons. The molecule has 4 rings (SSSR count). The Morgan fingerprint density at radius 3 is 2.48 bits per heavy atom. The minimum Gasteiger partial charge on any atom is -0.338 e. The minimum atomic E-state index is -0.459. The molecule has 0 atom stereocenters. The van der Waals surface area contributed by atoms with Crippen molar-refractivity contribution in [3.8, 4) is 22.3 Å². The zero-order valence-electron chi connectivity index (χ0n) is 18.1. The summed E-state index contributed by atoms with van der Waals surface area (Å²) in [6.45, 7) is 3.67. The Bertz CT molecular complexity index is 1340.